The SMILES string of the molecule is COc1ccc(C23CC(C(N)C4CC4)(C2)C3)cc1.Cl. The first-order valence-corrected chi connectivity index (χ1v) is 7.08. The van der Waals surface area contributed by atoms with Gasteiger partial charge in [-0.15, -0.1) is 12.4 Å². The van der Waals surface area contributed by atoms with Gasteiger partial charge in [0.1, 0.15) is 5.75 Å². The molecule has 0 heterocycles. The van der Waals surface area contributed by atoms with Crippen LogP contribution >= 0.6 is 12.4 Å². The van der Waals surface area contributed by atoms with E-state index in [9.17, 15) is 0 Å². The summed E-state index contributed by atoms with van der Waals surface area (Å²) in [5.74, 6) is 1.80. The standard InChI is InChI=1S/C16H21NO.ClH/c1-18-13-6-4-12(5-7-13)15-8-16(9-15,10-15)14(17)11-2-3-11;/h4-7,11,14H,2-3,8-10,17H2,1H3;1H. The normalized spacial score (nSPS) is 36.5. The lowest BCUT2D eigenvalue weighted by molar-refractivity contribution is -0.161. The Kier molecular flexibility index (Phi) is 2.88. The van der Waals surface area contributed by atoms with Gasteiger partial charge in [-0.3, -0.25) is 0 Å². The fourth-order valence-electron chi connectivity index (χ4n) is 4.43. The molecular weight excluding hydrogens is 258 g/mol. The lowest BCUT2D eigenvalue weighted by atomic mass is 9.31. The number of ether oxygens (including phenoxy) is 1. The highest BCUT2D eigenvalue weighted by molar-refractivity contribution is 5.85. The molecule has 104 valence electrons. The molecule has 4 saturated carbocycles. The van der Waals surface area contributed by atoms with Crippen LogP contribution in [0.4, 0.5) is 0 Å². The van der Waals surface area contributed by atoms with Gasteiger partial charge >= 0.3 is 0 Å². The molecule has 0 radical (unpaired) electrons. The van der Waals surface area contributed by atoms with E-state index in [-0.39, 0.29) is 12.4 Å². The first-order chi connectivity index (χ1) is 8.67. The van der Waals surface area contributed by atoms with E-state index in [0.29, 0.717) is 16.9 Å². The summed E-state index contributed by atoms with van der Waals surface area (Å²) in [5.41, 5.74) is 8.90. The van der Waals surface area contributed by atoms with Gasteiger partial charge in [-0.25, -0.2) is 0 Å². The van der Waals surface area contributed by atoms with Crippen molar-refractivity contribution < 1.29 is 4.74 Å². The van der Waals surface area contributed by atoms with Crippen molar-refractivity contribution in [2.75, 3.05) is 7.11 Å². The summed E-state index contributed by atoms with van der Waals surface area (Å²) in [5, 5.41) is 0. The van der Waals surface area contributed by atoms with Crippen LogP contribution in [0.5, 0.6) is 5.75 Å². The molecule has 0 saturated heterocycles. The van der Waals surface area contributed by atoms with Crippen molar-refractivity contribution >= 4 is 12.4 Å². The Morgan fingerprint density at radius 3 is 2.21 bits per heavy atom. The van der Waals surface area contributed by atoms with Crippen LogP contribution in [-0.4, -0.2) is 13.2 Å². The average Bonchev–Trinajstić information content (AvgIpc) is 3.10. The quantitative estimate of drug-likeness (QED) is 0.918. The molecule has 0 aromatic heterocycles. The molecule has 4 aliphatic rings. The van der Waals surface area contributed by atoms with Crippen molar-refractivity contribution in [3.8, 4) is 5.75 Å². The highest BCUT2D eigenvalue weighted by Gasteiger charge is 2.71. The Hall–Kier alpha value is -0.730. The van der Waals surface area contributed by atoms with Crippen LogP contribution in [0.25, 0.3) is 0 Å². The minimum Gasteiger partial charge on any atom is -0.497 e. The molecule has 1 atom stereocenters. The van der Waals surface area contributed by atoms with E-state index in [1.54, 1.807) is 7.11 Å². The number of nitrogens with two attached hydrogens (primary N) is 1. The van der Waals surface area contributed by atoms with E-state index in [0.717, 1.165) is 11.7 Å². The maximum Gasteiger partial charge on any atom is 0.118 e. The highest BCUT2D eigenvalue weighted by atomic mass is 35.5. The third-order valence-corrected chi connectivity index (χ3v) is 5.61. The second-order valence-electron chi connectivity index (χ2n) is 6.76. The molecule has 2 nitrogen and oxygen atoms in total. The highest BCUT2D eigenvalue weighted by Crippen LogP contribution is 2.76. The van der Waals surface area contributed by atoms with Crippen molar-refractivity contribution in [3.05, 3.63) is 29.8 Å². The van der Waals surface area contributed by atoms with E-state index < -0.39 is 0 Å². The summed E-state index contributed by atoms with van der Waals surface area (Å²) < 4.78 is 5.22. The second kappa shape index (κ2) is 4.13. The third-order valence-electron chi connectivity index (χ3n) is 5.61. The third kappa shape index (κ3) is 1.73. The van der Waals surface area contributed by atoms with Crippen molar-refractivity contribution in [1.82, 2.24) is 0 Å². The van der Waals surface area contributed by atoms with Crippen LogP contribution in [0.1, 0.15) is 37.7 Å². The Labute approximate surface area is 121 Å². The van der Waals surface area contributed by atoms with E-state index in [1.165, 1.54) is 37.7 Å². The largest absolute Gasteiger partial charge is 0.497 e. The second-order valence-corrected chi connectivity index (χ2v) is 6.76. The number of halogens is 1. The summed E-state index contributed by atoms with van der Waals surface area (Å²) in [6.45, 7) is 0. The zero-order valence-electron chi connectivity index (χ0n) is 11.4. The maximum absolute atomic E-state index is 6.42. The molecule has 0 amide bonds. The Bertz CT molecular complexity index is 460. The number of hydrogen-bond donors (Lipinski definition) is 1. The minimum absolute atomic E-state index is 0. The molecule has 1 aromatic rings. The van der Waals surface area contributed by atoms with Crippen LogP contribution in [0, 0.1) is 11.3 Å². The van der Waals surface area contributed by atoms with Crippen LogP contribution in [-0.2, 0) is 5.41 Å². The molecular formula is C16H22ClNO. The van der Waals surface area contributed by atoms with Gasteiger partial charge in [0.15, 0.2) is 0 Å². The summed E-state index contributed by atoms with van der Waals surface area (Å²) in [6, 6.07) is 9.14. The zero-order valence-corrected chi connectivity index (χ0v) is 12.2. The van der Waals surface area contributed by atoms with Gasteiger partial charge in [0.05, 0.1) is 7.11 Å². The summed E-state index contributed by atoms with van der Waals surface area (Å²) in [6.07, 6.45) is 6.72. The van der Waals surface area contributed by atoms with E-state index >= 15 is 0 Å². The maximum atomic E-state index is 6.42. The molecule has 1 aromatic carbocycles. The molecule has 2 N–H and O–H groups in total. The first-order valence-electron chi connectivity index (χ1n) is 7.08. The number of methoxy groups -OCH3 is 1. The van der Waals surface area contributed by atoms with E-state index in [4.69, 9.17) is 10.5 Å². The molecule has 0 spiro atoms. The number of benzene rings is 1. The van der Waals surface area contributed by atoms with Crippen molar-refractivity contribution in [1.29, 1.82) is 0 Å². The van der Waals surface area contributed by atoms with Crippen LogP contribution < -0.4 is 10.5 Å². The Balaban J connectivity index is 0.00000110. The molecule has 3 heteroatoms. The van der Waals surface area contributed by atoms with Gasteiger partial charge in [-0.05, 0) is 66.5 Å². The smallest absolute Gasteiger partial charge is 0.118 e. The fraction of sp³-hybridized carbons (Fsp3) is 0.625. The average molecular weight is 280 g/mol. The topological polar surface area (TPSA) is 35.2 Å². The molecule has 4 aliphatic carbocycles. The van der Waals surface area contributed by atoms with Crippen LogP contribution in [0.3, 0.4) is 0 Å². The summed E-state index contributed by atoms with van der Waals surface area (Å²) in [7, 11) is 1.72. The van der Waals surface area contributed by atoms with Gasteiger partial charge in [0, 0.05) is 6.04 Å². The van der Waals surface area contributed by atoms with Crippen LogP contribution in [0.15, 0.2) is 24.3 Å². The monoisotopic (exact) mass is 279 g/mol. The fourth-order valence-corrected chi connectivity index (χ4v) is 4.43. The minimum atomic E-state index is 0. The number of hydrogen-bond acceptors (Lipinski definition) is 2. The summed E-state index contributed by atoms with van der Waals surface area (Å²) in [4.78, 5) is 0. The van der Waals surface area contributed by atoms with Gasteiger partial charge in [-0.2, -0.15) is 0 Å². The van der Waals surface area contributed by atoms with Crippen molar-refractivity contribution in [3.63, 3.8) is 0 Å². The first kappa shape index (κ1) is 13.3. The zero-order chi connectivity index (χ0) is 12.4. The summed E-state index contributed by atoms with van der Waals surface area (Å²) >= 11 is 0. The van der Waals surface area contributed by atoms with E-state index in [2.05, 4.69) is 24.3 Å². The Morgan fingerprint density at radius 2 is 1.74 bits per heavy atom. The molecule has 2 bridgehead atoms. The predicted octanol–water partition coefficient (Wildman–Crippen LogP) is 3.28. The van der Waals surface area contributed by atoms with Crippen LogP contribution in [0.2, 0.25) is 0 Å². The molecule has 1 unspecified atom stereocenters. The van der Waals surface area contributed by atoms with E-state index in [1.807, 2.05) is 0 Å². The van der Waals surface area contributed by atoms with Gasteiger partial charge < -0.3 is 10.5 Å². The van der Waals surface area contributed by atoms with Crippen molar-refractivity contribution in [2.45, 2.75) is 43.6 Å². The molecule has 19 heavy (non-hydrogen) atoms. The van der Waals surface area contributed by atoms with Gasteiger partial charge in [0.25, 0.3) is 0 Å². The van der Waals surface area contributed by atoms with Gasteiger partial charge in [0.2, 0.25) is 0 Å². The van der Waals surface area contributed by atoms with Gasteiger partial charge in [-0.1, -0.05) is 12.1 Å². The number of rotatable bonds is 4. The molecule has 5 rings (SSSR count). The Morgan fingerprint density at radius 1 is 1.16 bits per heavy atom. The molecule has 0 aliphatic heterocycles. The lowest BCUT2D eigenvalue weighted by Gasteiger charge is -2.73. The predicted molar refractivity (Wildman–Crippen MR) is 78.9 cm³/mol. The molecule has 4 fully saturated rings. The van der Waals surface area contributed by atoms with Crippen molar-refractivity contribution in [2.24, 2.45) is 17.1 Å². The lowest BCUT2D eigenvalue weighted by Crippen LogP contribution is -2.71.